The lowest BCUT2D eigenvalue weighted by molar-refractivity contribution is 0.0926. The summed E-state index contributed by atoms with van der Waals surface area (Å²) in [7, 11) is 0. The molecule has 2 heterocycles. The molecular weight excluding hydrogens is 440 g/mol. The van der Waals surface area contributed by atoms with Gasteiger partial charge in [0.25, 0.3) is 11.8 Å². The van der Waals surface area contributed by atoms with Gasteiger partial charge in [-0.15, -0.1) is 0 Å². The average Bonchev–Trinajstić information content (AvgIpc) is 3.00. The van der Waals surface area contributed by atoms with Gasteiger partial charge in [-0.1, -0.05) is 64.5 Å². The van der Waals surface area contributed by atoms with Gasteiger partial charge in [0, 0.05) is 15.4 Å². The average molecular weight is 457 g/mol. The largest absolute Gasteiger partial charge is 0.268 e. The van der Waals surface area contributed by atoms with Gasteiger partial charge in [0.05, 0.1) is 28.0 Å². The van der Waals surface area contributed by atoms with E-state index in [-0.39, 0.29) is 11.8 Å². The number of rotatable bonds is 2. The predicted octanol–water partition coefficient (Wildman–Crippen LogP) is 6.08. The number of para-hydroxylation sites is 1. The van der Waals surface area contributed by atoms with Crippen LogP contribution >= 0.6 is 15.9 Å². The molecule has 0 saturated carbocycles. The van der Waals surface area contributed by atoms with Gasteiger partial charge in [0.1, 0.15) is 0 Å². The number of amides is 2. The monoisotopic (exact) mass is 456 g/mol. The maximum Gasteiger partial charge on any atom is 0.268 e. The fraction of sp³-hybridized carbons (Fsp3) is 0.0800. The molecule has 0 aliphatic carbocycles. The van der Waals surface area contributed by atoms with Gasteiger partial charge in [-0.05, 0) is 43.2 Å². The molecule has 4 nitrogen and oxygen atoms in total. The second kappa shape index (κ2) is 6.89. The summed E-state index contributed by atoms with van der Waals surface area (Å²) < 4.78 is 0.831. The maximum atomic E-state index is 13.7. The topological polar surface area (TPSA) is 50.3 Å². The van der Waals surface area contributed by atoms with Gasteiger partial charge < -0.3 is 0 Å². The van der Waals surface area contributed by atoms with Crippen molar-refractivity contribution < 1.29 is 9.59 Å². The van der Waals surface area contributed by atoms with Crippen LogP contribution in [-0.2, 0) is 0 Å². The van der Waals surface area contributed by atoms with Gasteiger partial charge in [-0.3, -0.25) is 9.59 Å². The van der Waals surface area contributed by atoms with Gasteiger partial charge in [-0.2, -0.15) is 0 Å². The third kappa shape index (κ3) is 2.70. The van der Waals surface area contributed by atoms with Crippen LogP contribution in [0, 0.1) is 13.8 Å². The number of hydrogen-bond acceptors (Lipinski definition) is 3. The number of fused-ring (bicyclic) bond motifs is 3. The molecular formula is C25H17BrN2O2. The van der Waals surface area contributed by atoms with Crippen LogP contribution in [0.15, 0.2) is 71.2 Å². The molecule has 146 valence electrons. The van der Waals surface area contributed by atoms with Crippen molar-refractivity contribution in [2.75, 3.05) is 4.90 Å². The minimum Gasteiger partial charge on any atom is -0.268 e. The highest BCUT2D eigenvalue weighted by molar-refractivity contribution is 9.10. The van der Waals surface area contributed by atoms with E-state index in [0.29, 0.717) is 33.4 Å². The first-order valence-electron chi connectivity index (χ1n) is 9.61. The molecule has 4 aromatic rings. The molecule has 0 atom stereocenters. The first-order valence-corrected chi connectivity index (χ1v) is 10.4. The lowest BCUT2D eigenvalue weighted by atomic mass is 9.98. The third-order valence-corrected chi connectivity index (χ3v) is 5.98. The maximum absolute atomic E-state index is 13.7. The Morgan fingerprint density at radius 2 is 1.47 bits per heavy atom. The van der Waals surface area contributed by atoms with Crippen molar-refractivity contribution in [2.45, 2.75) is 13.8 Å². The predicted molar refractivity (Wildman–Crippen MR) is 122 cm³/mol. The summed E-state index contributed by atoms with van der Waals surface area (Å²) in [5, 5.41) is 0.672. The first kappa shape index (κ1) is 18.7. The van der Waals surface area contributed by atoms with Crippen LogP contribution in [0.3, 0.4) is 0 Å². The molecule has 1 aliphatic heterocycles. The van der Waals surface area contributed by atoms with Crippen molar-refractivity contribution in [1.29, 1.82) is 0 Å². The van der Waals surface area contributed by atoms with Crippen LogP contribution in [0.5, 0.6) is 0 Å². The summed E-state index contributed by atoms with van der Waals surface area (Å²) in [6, 6.07) is 20.9. The van der Waals surface area contributed by atoms with Crippen molar-refractivity contribution in [1.82, 2.24) is 4.98 Å². The van der Waals surface area contributed by atoms with Crippen LogP contribution in [0.2, 0.25) is 0 Å². The Bertz CT molecular complexity index is 1340. The van der Waals surface area contributed by atoms with Crippen LogP contribution in [0.25, 0.3) is 22.2 Å². The molecule has 2 amide bonds. The highest BCUT2D eigenvalue weighted by Crippen LogP contribution is 2.40. The van der Waals surface area contributed by atoms with E-state index in [0.717, 1.165) is 21.2 Å². The zero-order chi connectivity index (χ0) is 21.0. The summed E-state index contributed by atoms with van der Waals surface area (Å²) in [6.45, 7) is 3.83. The number of carbonyl (C=O) groups excluding carboxylic acids is 2. The summed E-state index contributed by atoms with van der Waals surface area (Å²) in [5.41, 5.74) is 5.20. The fourth-order valence-corrected chi connectivity index (χ4v) is 4.51. The van der Waals surface area contributed by atoms with Crippen molar-refractivity contribution in [3.63, 3.8) is 0 Å². The highest BCUT2D eigenvalue weighted by atomic mass is 79.9. The van der Waals surface area contributed by atoms with Gasteiger partial charge >= 0.3 is 0 Å². The molecule has 1 aliphatic rings. The number of nitrogens with zero attached hydrogens (tertiary/aromatic N) is 2. The van der Waals surface area contributed by atoms with Crippen LogP contribution in [-0.4, -0.2) is 16.8 Å². The lowest BCUT2D eigenvalue weighted by Gasteiger charge is -2.19. The Kier molecular flexibility index (Phi) is 4.29. The number of aromatic nitrogens is 1. The Labute approximate surface area is 182 Å². The lowest BCUT2D eigenvalue weighted by Crippen LogP contribution is -2.30. The number of halogens is 1. The smallest absolute Gasteiger partial charge is 0.268 e. The van der Waals surface area contributed by atoms with E-state index in [1.165, 1.54) is 4.90 Å². The number of hydrogen-bond donors (Lipinski definition) is 0. The quantitative estimate of drug-likeness (QED) is 0.343. The van der Waals surface area contributed by atoms with Crippen LogP contribution in [0.4, 0.5) is 5.69 Å². The standard InChI is InChI=1S/C25H17BrN2O2/c1-14-7-6-8-15(2)23(14)28-24(29)20-18-13-17(26)11-12-19(18)27-22(21(20)25(28)30)16-9-4-3-5-10-16/h3-13H,1-2H3. The summed E-state index contributed by atoms with van der Waals surface area (Å²) >= 11 is 3.48. The Morgan fingerprint density at radius 3 is 2.17 bits per heavy atom. The minimum atomic E-state index is -0.333. The molecule has 0 fully saturated rings. The number of carbonyl (C=O) groups is 2. The molecule has 0 bridgehead atoms. The van der Waals surface area contributed by atoms with Gasteiger partial charge in [0.15, 0.2) is 0 Å². The zero-order valence-corrected chi connectivity index (χ0v) is 18.0. The molecule has 30 heavy (non-hydrogen) atoms. The van der Waals surface area contributed by atoms with Crippen molar-refractivity contribution in [2.24, 2.45) is 0 Å². The Morgan fingerprint density at radius 1 is 0.800 bits per heavy atom. The second-order valence-corrected chi connectivity index (χ2v) is 8.34. The SMILES string of the molecule is Cc1cccc(C)c1N1C(=O)c2c(-c3ccccc3)nc3ccc(Br)cc3c2C1=O. The highest BCUT2D eigenvalue weighted by Gasteiger charge is 2.42. The van der Waals surface area contributed by atoms with Crippen molar-refractivity contribution in [3.8, 4) is 11.3 Å². The second-order valence-electron chi connectivity index (χ2n) is 7.42. The van der Waals surface area contributed by atoms with E-state index in [9.17, 15) is 9.59 Å². The molecule has 5 rings (SSSR count). The third-order valence-electron chi connectivity index (χ3n) is 5.49. The Balaban J connectivity index is 1.86. The molecule has 1 aromatic heterocycles. The van der Waals surface area contributed by atoms with Crippen LogP contribution < -0.4 is 4.90 Å². The summed E-state index contributed by atoms with van der Waals surface area (Å²) in [6.07, 6.45) is 0. The van der Waals surface area contributed by atoms with Crippen molar-refractivity contribution in [3.05, 3.63) is 93.5 Å². The molecule has 0 unspecified atom stereocenters. The van der Waals surface area contributed by atoms with E-state index in [1.54, 1.807) is 0 Å². The minimum absolute atomic E-state index is 0.310. The van der Waals surface area contributed by atoms with Crippen molar-refractivity contribution >= 4 is 44.3 Å². The number of aryl methyl sites for hydroxylation is 2. The normalized spacial score (nSPS) is 13.2. The Hall–Kier alpha value is -3.31. The molecule has 0 spiro atoms. The number of imide groups is 1. The summed E-state index contributed by atoms with van der Waals surface area (Å²) in [4.78, 5) is 33.5. The fourth-order valence-electron chi connectivity index (χ4n) is 4.15. The summed E-state index contributed by atoms with van der Waals surface area (Å²) in [5.74, 6) is -0.643. The number of anilines is 1. The van der Waals surface area contributed by atoms with Gasteiger partial charge in [-0.25, -0.2) is 9.88 Å². The van der Waals surface area contributed by atoms with E-state index in [2.05, 4.69) is 15.9 Å². The molecule has 0 N–H and O–H groups in total. The van der Waals surface area contributed by atoms with E-state index < -0.39 is 0 Å². The first-order chi connectivity index (χ1) is 14.5. The van der Waals surface area contributed by atoms with E-state index in [4.69, 9.17) is 4.98 Å². The molecule has 3 aromatic carbocycles. The number of benzene rings is 3. The van der Waals surface area contributed by atoms with Crippen LogP contribution in [0.1, 0.15) is 31.8 Å². The van der Waals surface area contributed by atoms with Gasteiger partial charge in [0.2, 0.25) is 0 Å². The van der Waals surface area contributed by atoms with E-state index >= 15 is 0 Å². The zero-order valence-electron chi connectivity index (χ0n) is 16.4. The molecule has 0 saturated heterocycles. The molecule has 5 heteroatoms. The molecule has 0 radical (unpaired) electrons. The van der Waals surface area contributed by atoms with E-state index in [1.807, 2.05) is 80.6 Å². The number of pyridine rings is 1.